The lowest BCUT2D eigenvalue weighted by molar-refractivity contribution is 0.466. The van der Waals surface area contributed by atoms with Gasteiger partial charge in [-0.05, 0) is 47.2 Å². The molecule has 1 unspecified atom stereocenters. The molecule has 140 valence electrons. The third-order valence-electron chi connectivity index (χ3n) is 4.88. The summed E-state index contributed by atoms with van der Waals surface area (Å²) in [4.78, 5) is 0. The predicted molar refractivity (Wildman–Crippen MR) is 105 cm³/mol. The molecule has 4 N–H and O–H groups in total. The average Bonchev–Trinajstić information content (AvgIpc) is 2.57. The maximum Gasteiger partial charge on any atom is 0.276 e. The first-order valence-corrected chi connectivity index (χ1v) is 10.5. The number of fused-ring (bicyclic) bond motifs is 1. The number of benzene rings is 2. The lowest BCUT2D eigenvalue weighted by Crippen LogP contribution is -2.32. The Morgan fingerprint density at radius 1 is 1.08 bits per heavy atom. The third-order valence-corrected chi connectivity index (χ3v) is 6.62. The Bertz CT molecular complexity index is 934. The van der Waals surface area contributed by atoms with Crippen LogP contribution in [0.5, 0.6) is 0 Å². The fraction of sp³-hybridized carbons (Fsp3) is 0.333. The molecule has 2 aromatic carbocycles. The van der Waals surface area contributed by atoms with Gasteiger partial charge in [0, 0.05) is 25.6 Å². The molecule has 3 rings (SSSR count). The SMILES string of the molecule is CN(Cc1ccc2c(c1)C(N)CC[C@H]2c1ccc(Cl)c(Cl)c1)S(N)(=O)=O. The van der Waals surface area contributed by atoms with Crippen molar-refractivity contribution in [1.82, 2.24) is 4.31 Å². The van der Waals surface area contributed by atoms with Gasteiger partial charge in [-0.25, -0.2) is 5.14 Å². The van der Waals surface area contributed by atoms with Crippen LogP contribution in [0, 0.1) is 0 Å². The highest BCUT2D eigenvalue weighted by atomic mass is 35.5. The van der Waals surface area contributed by atoms with Crippen LogP contribution >= 0.6 is 23.2 Å². The minimum atomic E-state index is -3.72. The van der Waals surface area contributed by atoms with Crippen molar-refractivity contribution in [3.8, 4) is 0 Å². The molecule has 5 nitrogen and oxygen atoms in total. The average molecular weight is 414 g/mol. The van der Waals surface area contributed by atoms with E-state index in [-0.39, 0.29) is 18.5 Å². The second-order valence-corrected chi connectivity index (χ2v) is 9.14. The minimum absolute atomic E-state index is 0.0799. The van der Waals surface area contributed by atoms with Gasteiger partial charge in [-0.3, -0.25) is 0 Å². The van der Waals surface area contributed by atoms with Gasteiger partial charge >= 0.3 is 0 Å². The molecule has 1 aliphatic carbocycles. The number of nitrogens with zero attached hydrogens (tertiary/aromatic N) is 1. The van der Waals surface area contributed by atoms with Crippen molar-refractivity contribution in [1.29, 1.82) is 0 Å². The van der Waals surface area contributed by atoms with Crippen LogP contribution < -0.4 is 10.9 Å². The van der Waals surface area contributed by atoms with E-state index in [4.69, 9.17) is 34.1 Å². The maximum atomic E-state index is 11.4. The van der Waals surface area contributed by atoms with Gasteiger partial charge in [0.1, 0.15) is 0 Å². The van der Waals surface area contributed by atoms with Gasteiger partial charge in [0.15, 0.2) is 0 Å². The van der Waals surface area contributed by atoms with Crippen molar-refractivity contribution in [2.24, 2.45) is 10.9 Å². The van der Waals surface area contributed by atoms with E-state index in [2.05, 4.69) is 0 Å². The molecule has 0 radical (unpaired) electrons. The number of halogens is 2. The van der Waals surface area contributed by atoms with Crippen LogP contribution in [0.15, 0.2) is 36.4 Å². The standard InChI is InChI=1S/C18H21Cl2N3O2S/c1-23(26(22,24)25)10-11-2-4-14-13(5-7-18(21)15(14)8-11)12-3-6-16(19)17(20)9-12/h2-4,6,8-9,13,18H,5,7,10,21H2,1H3,(H2,22,24,25)/t13-,18?/m0/s1. The van der Waals surface area contributed by atoms with Gasteiger partial charge in [0.25, 0.3) is 10.2 Å². The molecular weight excluding hydrogens is 393 g/mol. The second kappa shape index (κ2) is 7.46. The van der Waals surface area contributed by atoms with E-state index in [9.17, 15) is 8.42 Å². The summed E-state index contributed by atoms with van der Waals surface area (Å²) in [5, 5.41) is 6.23. The molecule has 0 aromatic heterocycles. The molecule has 2 atom stereocenters. The zero-order valence-corrected chi connectivity index (χ0v) is 16.7. The van der Waals surface area contributed by atoms with Crippen LogP contribution in [-0.4, -0.2) is 19.8 Å². The van der Waals surface area contributed by atoms with E-state index in [0.29, 0.717) is 10.0 Å². The normalized spacial score (nSPS) is 20.2. The topological polar surface area (TPSA) is 89.4 Å². The van der Waals surface area contributed by atoms with Crippen molar-refractivity contribution in [3.63, 3.8) is 0 Å². The highest BCUT2D eigenvalue weighted by Crippen LogP contribution is 2.42. The van der Waals surface area contributed by atoms with E-state index in [1.807, 2.05) is 36.4 Å². The third kappa shape index (κ3) is 4.06. The zero-order chi connectivity index (χ0) is 19.1. The molecule has 0 spiro atoms. The summed E-state index contributed by atoms with van der Waals surface area (Å²) in [6, 6.07) is 11.5. The maximum absolute atomic E-state index is 11.4. The van der Waals surface area contributed by atoms with Gasteiger partial charge in [-0.15, -0.1) is 0 Å². The molecule has 0 saturated heterocycles. The first-order chi connectivity index (χ1) is 12.2. The van der Waals surface area contributed by atoms with Crippen molar-refractivity contribution >= 4 is 33.4 Å². The van der Waals surface area contributed by atoms with E-state index in [1.54, 1.807) is 0 Å². The Kier molecular flexibility index (Phi) is 5.63. The second-order valence-electron chi connectivity index (χ2n) is 6.67. The summed E-state index contributed by atoms with van der Waals surface area (Å²) < 4.78 is 24.0. The fourth-order valence-electron chi connectivity index (χ4n) is 3.44. The van der Waals surface area contributed by atoms with E-state index in [1.165, 1.54) is 7.05 Å². The minimum Gasteiger partial charge on any atom is -0.324 e. The smallest absolute Gasteiger partial charge is 0.276 e. The molecular formula is C18H21Cl2N3O2S. The van der Waals surface area contributed by atoms with Crippen LogP contribution in [0.2, 0.25) is 10.0 Å². The first kappa shape index (κ1) is 19.6. The molecule has 26 heavy (non-hydrogen) atoms. The van der Waals surface area contributed by atoms with Crippen LogP contribution in [-0.2, 0) is 16.8 Å². The zero-order valence-electron chi connectivity index (χ0n) is 14.3. The highest BCUT2D eigenvalue weighted by Gasteiger charge is 2.27. The van der Waals surface area contributed by atoms with Crippen LogP contribution in [0.25, 0.3) is 0 Å². The van der Waals surface area contributed by atoms with E-state index < -0.39 is 10.2 Å². The van der Waals surface area contributed by atoms with Crippen molar-refractivity contribution < 1.29 is 8.42 Å². The Balaban J connectivity index is 1.96. The Hall–Kier alpha value is -1.15. The molecule has 0 fully saturated rings. The quantitative estimate of drug-likeness (QED) is 0.802. The van der Waals surface area contributed by atoms with Gasteiger partial charge in [0.2, 0.25) is 0 Å². The van der Waals surface area contributed by atoms with Gasteiger partial charge in [-0.1, -0.05) is 47.5 Å². The highest BCUT2D eigenvalue weighted by molar-refractivity contribution is 7.86. The van der Waals surface area contributed by atoms with Crippen LogP contribution in [0.1, 0.15) is 47.1 Å². The molecule has 8 heteroatoms. The molecule has 0 aliphatic heterocycles. The fourth-order valence-corrected chi connectivity index (χ4v) is 4.08. The van der Waals surface area contributed by atoms with Crippen molar-refractivity contribution in [2.45, 2.75) is 31.3 Å². The van der Waals surface area contributed by atoms with Gasteiger partial charge in [0.05, 0.1) is 10.0 Å². The van der Waals surface area contributed by atoms with Crippen LogP contribution in [0.4, 0.5) is 0 Å². The number of nitrogens with two attached hydrogens (primary N) is 2. The Morgan fingerprint density at radius 2 is 1.81 bits per heavy atom. The molecule has 1 aliphatic rings. The number of hydrogen-bond donors (Lipinski definition) is 2. The van der Waals surface area contributed by atoms with Crippen LogP contribution in [0.3, 0.4) is 0 Å². The lowest BCUT2D eigenvalue weighted by atomic mass is 9.76. The summed E-state index contributed by atoms with van der Waals surface area (Å²) in [5.41, 5.74) is 10.5. The molecule has 0 saturated carbocycles. The van der Waals surface area contributed by atoms with E-state index >= 15 is 0 Å². The van der Waals surface area contributed by atoms with E-state index in [0.717, 1.165) is 39.4 Å². The molecule has 0 amide bonds. The number of rotatable bonds is 4. The van der Waals surface area contributed by atoms with Crippen molar-refractivity contribution in [2.75, 3.05) is 7.05 Å². The monoisotopic (exact) mass is 413 g/mol. The van der Waals surface area contributed by atoms with Gasteiger partial charge < -0.3 is 5.73 Å². The first-order valence-electron chi connectivity index (χ1n) is 8.24. The molecule has 0 bridgehead atoms. The summed E-state index contributed by atoms with van der Waals surface area (Å²) in [5.74, 6) is 0.185. The summed E-state index contributed by atoms with van der Waals surface area (Å²) >= 11 is 12.2. The summed E-state index contributed by atoms with van der Waals surface area (Å²) in [7, 11) is -2.27. The number of hydrogen-bond acceptors (Lipinski definition) is 3. The lowest BCUT2D eigenvalue weighted by Gasteiger charge is -2.31. The summed E-state index contributed by atoms with van der Waals surface area (Å²) in [6.07, 6.45) is 1.76. The van der Waals surface area contributed by atoms with Gasteiger partial charge in [-0.2, -0.15) is 12.7 Å². The Morgan fingerprint density at radius 3 is 2.46 bits per heavy atom. The summed E-state index contributed by atoms with van der Waals surface area (Å²) in [6.45, 7) is 0.205. The Labute approximate surface area is 164 Å². The molecule has 2 aromatic rings. The predicted octanol–water partition coefficient (Wildman–Crippen LogP) is 3.55. The molecule has 0 heterocycles. The largest absolute Gasteiger partial charge is 0.324 e. The van der Waals surface area contributed by atoms with Crippen molar-refractivity contribution in [3.05, 3.63) is 68.7 Å².